The van der Waals surface area contributed by atoms with Gasteiger partial charge in [-0.25, -0.2) is 0 Å². The minimum absolute atomic E-state index is 0.393. The second kappa shape index (κ2) is 4.99. The molecule has 2 rings (SSSR count). The van der Waals surface area contributed by atoms with Crippen molar-refractivity contribution in [3.63, 3.8) is 0 Å². The Morgan fingerprint density at radius 1 is 1.29 bits per heavy atom. The van der Waals surface area contributed by atoms with Gasteiger partial charge in [0.2, 0.25) is 0 Å². The van der Waals surface area contributed by atoms with E-state index in [2.05, 4.69) is 38.2 Å². The number of hydrogen-bond donors (Lipinski definition) is 1. The largest absolute Gasteiger partial charge is 0.314 e. The summed E-state index contributed by atoms with van der Waals surface area (Å²) in [5.74, 6) is 0.675. The molecule has 1 fully saturated rings. The van der Waals surface area contributed by atoms with Crippen LogP contribution in [0, 0.1) is 5.41 Å². The zero-order chi connectivity index (χ0) is 12.5. The second-order valence-electron chi connectivity index (χ2n) is 5.31. The lowest BCUT2D eigenvalue weighted by Gasteiger charge is -2.55. The van der Waals surface area contributed by atoms with E-state index in [0.29, 0.717) is 17.4 Å². The van der Waals surface area contributed by atoms with Crippen LogP contribution < -0.4 is 5.32 Å². The highest BCUT2D eigenvalue weighted by Crippen LogP contribution is 2.54. The first-order valence-corrected chi connectivity index (χ1v) is 6.98. The number of hydrogen-bond acceptors (Lipinski definition) is 1. The van der Waals surface area contributed by atoms with Gasteiger partial charge in [-0.05, 0) is 48.4 Å². The molecule has 17 heavy (non-hydrogen) atoms. The summed E-state index contributed by atoms with van der Waals surface area (Å²) in [6, 6.07) is 9.05. The normalized spacial score (nSPS) is 32.2. The van der Waals surface area contributed by atoms with Crippen LogP contribution in [0.5, 0.6) is 0 Å². The molecule has 1 aromatic carbocycles. The molecule has 0 saturated heterocycles. The van der Waals surface area contributed by atoms with Crippen LogP contribution in [0.4, 0.5) is 0 Å². The third kappa shape index (κ3) is 2.23. The highest BCUT2D eigenvalue weighted by Gasteiger charge is 2.50. The Balaban J connectivity index is 2.16. The van der Waals surface area contributed by atoms with E-state index in [4.69, 9.17) is 11.6 Å². The first-order chi connectivity index (χ1) is 8.11. The molecule has 0 aromatic heterocycles. The third-order valence-electron chi connectivity index (χ3n) is 4.55. The Morgan fingerprint density at radius 2 is 1.94 bits per heavy atom. The van der Waals surface area contributed by atoms with E-state index in [9.17, 15) is 0 Å². The topological polar surface area (TPSA) is 12.0 Å². The van der Waals surface area contributed by atoms with Gasteiger partial charge in [0.25, 0.3) is 0 Å². The Kier molecular flexibility index (Phi) is 3.79. The molecule has 2 heteroatoms. The third-order valence-corrected chi connectivity index (χ3v) is 4.80. The van der Waals surface area contributed by atoms with E-state index in [1.807, 2.05) is 12.1 Å². The molecule has 0 heterocycles. The number of nitrogens with one attached hydrogen (secondary N) is 1. The quantitative estimate of drug-likeness (QED) is 0.845. The van der Waals surface area contributed by atoms with Crippen LogP contribution in [-0.2, 0) is 0 Å². The number of halogens is 1. The van der Waals surface area contributed by atoms with Gasteiger partial charge in [0.1, 0.15) is 0 Å². The van der Waals surface area contributed by atoms with Crippen molar-refractivity contribution in [3.05, 3.63) is 34.9 Å². The maximum Gasteiger partial charge on any atom is 0.0406 e. The predicted molar refractivity (Wildman–Crippen MR) is 74.7 cm³/mol. The lowest BCUT2D eigenvalue weighted by Crippen LogP contribution is -2.56. The molecule has 1 aliphatic carbocycles. The SMILES string of the molecule is CCNC1CC(c2ccc(Cl)cc2)C1(C)CC. The van der Waals surface area contributed by atoms with Gasteiger partial charge in [-0.1, -0.05) is 44.5 Å². The molecule has 1 aliphatic rings. The van der Waals surface area contributed by atoms with Gasteiger partial charge >= 0.3 is 0 Å². The van der Waals surface area contributed by atoms with Crippen molar-refractivity contribution in [3.8, 4) is 0 Å². The van der Waals surface area contributed by atoms with Crippen LogP contribution in [-0.4, -0.2) is 12.6 Å². The zero-order valence-electron chi connectivity index (χ0n) is 11.0. The molecule has 94 valence electrons. The fourth-order valence-electron chi connectivity index (χ4n) is 3.12. The van der Waals surface area contributed by atoms with Crippen molar-refractivity contribution in [1.29, 1.82) is 0 Å². The fraction of sp³-hybridized carbons (Fsp3) is 0.600. The van der Waals surface area contributed by atoms with Gasteiger partial charge in [-0.2, -0.15) is 0 Å². The molecule has 0 spiro atoms. The van der Waals surface area contributed by atoms with Crippen molar-refractivity contribution in [2.45, 2.75) is 45.6 Å². The Labute approximate surface area is 110 Å². The summed E-state index contributed by atoms with van der Waals surface area (Å²) >= 11 is 5.95. The molecule has 1 aromatic rings. The van der Waals surface area contributed by atoms with Crippen LogP contribution in [0.15, 0.2) is 24.3 Å². The summed E-state index contributed by atoms with van der Waals surface area (Å²) < 4.78 is 0. The molecule has 3 atom stereocenters. The Hall–Kier alpha value is -0.530. The van der Waals surface area contributed by atoms with Crippen LogP contribution in [0.3, 0.4) is 0 Å². The minimum Gasteiger partial charge on any atom is -0.314 e. The highest BCUT2D eigenvalue weighted by atomic mass is 35.5. The van der Waals surface area contributed by atoms with Crippen LogP contribution in [0.2, 0.25) is 5.02 Å². The molecule has 1 N–H and O–H groups in total. The van der Waals surface area contributed by atoms with E-state index < -0.39 is 0 Å². The summed E-state index contributed by atoms with van der Waals surface area (Å²) in [6.07, 6.45) is 2.47. The van der Waals surface area contributed by atoms with E-state index in [0.717, 1.165) is 11.6 Å². The smallest absolute Gasteiger partial charge is 0.0406 e. The van der Waals surface area contributed by atoms with E-state index in [1.165, 1.54) is 18.4 Å². The monoisotopic (exact) mass is 251 g/mol. The maximum absolute atomic E-state index is 5.95. The second-order valence-corrected chi connectivity index (χ2v) is 5.75. The minimum atomic E-state index is 0.393. The van der Waals surface area contributed by atoms with Gasteiger partial charge in [-0.15, -0.1) is 0 Å². The van der Waals surface area contributed by atoms with Crippen LogP contribution in [0.25, 0.3) is 0 Å². The Morgan fingerprint density at radius 3 is 2.47 bits per heavy atom. The number of rotatable bonds is 4. The van der Waals surface area contributed by atoms with E-state index >= 15 is 0 Å². The van der Waals surface area contributed by atoms with Gasteiger partial charge in [0.15, 0.2) is 0 Å². The molecular formula is C15H22ClN. The summed E-state index contributed by atoms with van der Waals surface area (Å²) in [6.45, 7) is 7.95. The zero-order valence-corrected chi connectivity index (χ0v) is 11.7. The molecule has 1 nitrogen and oxygen atoms in total. The number of benzene rings is 1. The molecule has 1 saturated carbocycles. The van der Waals surface area contributed by atoms with Crippen molar-refractivity contribution >= 4 is 11.6 Å². The van der Waals surface area contributed by atoms with Crippen LogP contribution >= 0.6 is 11.6 Å². The first kappa shape index (κ1) is 12.9. The van der Waals surface area contributed by atoms with Crippen molar-refractivity contribution < 1.29 is 0 Å². The average molecular weight is 252 g/mol. The van der Waals surface area contributed by atoms with Crippen LogP contribution in [0.1, 0.15) is 45.1 Å². The fourth-order valence-corrected chi connectivity index (χ4v) is 3.25. The van der Waals surface area contributed by atoms with Crippen molar-refractivity contribution in [2.24, 2.45) is 5.41 Å². The molecule has 0 bridgehead atoms. The van der Waals surface area contributed by atoms with Crippen molar-refractivity contribution in [1.82, 2.24) is 5.32 Å². The molecular weight excluding hydrogens is 230 g/mol. The average Bonchev–Trinajstić information content (AvgIpc) is 2.34. The van der Waals surface area contributed by atoms with Gasteiger partial charge in [-0.3, -0.25) is 0 Å². The van der Waals surface area contributed by atoms with Gasteiger partial charge in [0, 0.05) is 11.1 Å². The predicted octanol–water partition coefficient (Wildman–Crippen LogP) is 4.22. The van der Waals surface area contributed by atoms with Gasteiger partial charge < -0.3 is 5.32 Å². The highest BCUT2D eigenvalue weighted by molar-refractivity contribution is 6.30. The van der Waals surface area contributed by atoms with E-state index in [-0.39, 0.29) is 0 Å². The molecule has 0 aliphatic heterocycles. The summed E-state index contributed by atoms with van der Waals surface area (Å²) in [5.41, 5.74) is 1.83. The molecule has 0 amide bonds. The van der Waals surface area contributed by atoms with Crippen molar-refractivity contribution in [2.75, 3.05) is 6.54 Å². The Bertz CT molecular complexity index is 373. The summed E-state index contributed by atoms with van der Waals surface area (Å²) in [5, 5.41) is 4.44. The summed E-state index contributed by atoms with van der Waals surface area (Å²) in [4.78, 5) is 0. The maximum atomic E-state index is 5.95. The van der Waals surface area contributed by atoms with E-state index in [1.54, 1.807) is 0 Å². The van der Waals surface area contributed by atoms with Gasteiger partial charge in [0.05, 0.1) is 0 Å². The lowest BCUT2D eigenvalue weighted by molar-refractivity contribution is 0.0455. The molecule has 0 radical (unpaired) electrons. The summed E-state index contributed by atoms with van der Waals surface area (Å²) in [7, 11) is 0. The standard InChI is InChI=1S/C15H22ClN/c1-4-15(3)13(10-14(15)17-5-2)11-6-8-12(16)9-7-11/h6-9,13-14,17H,4-5,10H2,1-3H3. The first-order valence-electron chi connectivity index (χ1n) is 6.60. The lowest BCUT2D eigenvalue weighted by atomic mass is 9.54. The molecule has 3 unspecified atom stereocenters.